The van der Waals surface area contributed by atoms with E-state index in [-0.39, 0.29) is 11.5 Å². The van der Waals surface area contributed by atoms with Crippen LogP contribution in [0.3, 0.4) is 0 Å². The summed E-state index contributed by atoms with van der Waals surface area (Å²) in [6, 6.07) is 23.0. The second-order valence-electron chi connectivity index (χ2n) is 7.51. The highest BCUT2D eigenvalue weighted by atomic mass is 32.2. The van der Waals surface area contributed by atoms with Gasteiger partial charge in [0.05, 0.1) is 24.7 Å². The Kier molecular flexibility index (Phi) is 8.46. The molecule has 1 atom stereocenters. The van der Waals surface area contributed by atoms with Gasteiger partial charge in [-0.25, -0.2) is 4.79 Å². The number of benzene rings is 3. The molecule has 0 fully saturated rings. The highest BCUT2D eigenvalue weighted by Gasteiger charge is 2.20. The second-order valence-corrected chi connectivity index (χ2v) is 9.12. The van der Waals surface area contributed by atoms with Crippen molar-refractivity contribution in [2.24, 2.45) is 0 Å². The SMILES string of the molecule is COC(=O)N[C@H](COS(=O)(=O)c1ccc(C)cc1)Cc1ccc(OCc2ccccc2)cc1. The first-order valence-corrected chi connectivity index (χ1v) is 11.8. The molecule has 0 saturated heterocycles. The summed E-state index contributed by atoms with van der Waals surface area (Å²) in [5.41, 5.74) is 2.88. The molecule has 3 aromatic carbocycles. The lowest BCUT2D eigenvalue weighted by atomic mass is 10.1. The number of rotatable bonds is 10. The third-order valence-electron chi connectivity index (χ3n) is 4.90. The van der Waals surface area contributed by atoms with Crippen molar-refractivity contribution >= 4 is 16.2 Å². The number of methoxy groups -OCH3 is 1. The van der Waals surface area contributed by atoms with Crippen molar-refractivity contribution in [1.29, 1.82) is 0 Å². The molecule has 8 heteroatoms. The molecule has 0 bridgehead atoms. The lowest BCUT2D eigenvalue weighted by molar-refractivity contribution is 0.160. The molecule has 7 nitrogen and oxygen atoms in total. The van der Waals surface area contributed by atoms with Crippen molar-refractivity contribution in [3.63, 3.8) is 0 Å². The van der Waals surface area contributed by atoms with E-state index in [0.717, 1.165) is 16.7 Å². The Hall–Kier alpha value is -3.36. The minimum absolute atomic E-state index is 0.0600. The van der Waals surface area contributed by atoms with Gasteiger partial charge < -0.3 is 14.8 Å². The highest BCUT2D eigenvalue weighted by molar-refractivity contribution is 7.86. The zero-order valence-corrected chi connectivity index (χ0v) is 19.4. The zero-order valence-electron chi connectivity index (χ0n) is 18.6. The number of aryl methyl sites for hydroxylation is 1. The Morgan fingerprint density at radius 2 is 1.58 bits per heavy atom. The molecule has 0 aliphatic carbocycles. The van der Waals surface area contributed by atoms with Crippen LogP contribution < -0.4 is 10.1 Å². The first-order chi connectivity index (χ1) is 15.9. The minimum Gasteiger partial charge on any atom is -0.489 e. The van der Waals surface area contributed by atoms with Crippen LogP contribution >= 0.6 is 0 Å². The van der Waals surface area contributed by atoms with E-state index in [2.05, 4.69) is 10.1 Å². The highest BCUT2D eigenvalue weighted by Crippen LogP contribution is 2.17. The normalized spacial score (nSPS) is 12.1. The molecule has 0 aromatic heterocycles. The van der Waals surface area contributed by atoms with E-state index in [4.69, 9.17) is 8.92 Å². The van der Waals surface area contributed by atoms with Crippen molar-refractivity contribution in [2.75, 3.05) is 13.7 Å². The van der Waals surface area contributed by atoms with Crippen molar-refractivity contribution in [3.05, 3.63) is 95.6 Å². The van der Waals surface area contributed by atoms with Crippen LogP contribution in [0.4, 0.5) is 4.79 Å². The van der Waals surface area contributed by atoms with Crippen LogP contribution in [0.5, 0.6) is 5.75 Å². The molecule has 0 heterocycles. The fourth-order valence-electron chi connectivity index (χ4n) is 3.07. The lowest BCUT2D eigenvalue weighted by Crippen LogP contribution is -2.40. The molecule has 33 heavy (non-hydrogen) atoms. The van der Waals surface area contributed by atoms with Gasteiger partial charge in [-0.15, -0.1) is 0 Å². The number of carbonyl (C=O) groups excluding carboxylic acids is 1. The summed E-state index contributed by atoms with van der Waals surface area (Å²) >= 11 is 0. The molecule has 3 rings (SSSR count). The molecule has 174 valence electrons. The molecule has 3 aromatic rings. The molecule has 1 amide bonds. The van der Waals surface area contributed by atoms with Crippen LogP contribution in [0, 0.1) is 6.92 Å². The smallest absolute Gasteiger partial charge is 0.407 e. The molecule has 0 aliphatic rings. The largest absolute Gasteiger partial charge is 0.489 e. The Balaban J connectivity index is 1.62. The van der Waals surface area contributed by atoms with E-state index in [0.29, 0.717) is 18.8 Å². The van der Waals surface area contributed by atoms with Gasteiger partial charge in [-0.1, -0.05) is 60.2 Å². The second kappa shape index (κ2) is 11.5. The number of carbonyl (C=O) groups is 1. The van der Waals surface area contributed by atoms with Gasteiger partial charge in [0.1, 0.15) is 12.4 Å². The number of alkyl carbamates (subject to hydrolysis) is 1. The van der Waals surface area contributed by atoms with Crippen molar-refractivity contribution < 1.29 is 26.9 Å². The molecule has 0 saturated carbocycles. The summed E-state index contributed by atoms with van der Waals surface area (Å²) in [7, 11) is -2.71. The summed E-state index contributed by atoms with van der Waals surface area (Å²) in [6.07, 6.45) is -0.323. The van der Waals surface area contributed by atoms with Gasteiger partial charge in [0, 0.05) is 0 Å². The number of ether oxygens (including phenoxy) is 2. The monoisotopic (exact) mass is 469 g/mol. The van der Waals surface area contributed by atoms with Crippen LogP contribution in [0.2, 0.25) is 0 Å². The first-order valence-electron chi connectivity index (χ1n) is 10.4. The third kappa shape index (κ3) is 7.62. The van der Waals surface area contributed by atoms with E-state index >= 15 is 0 Å². The lowest BCUT2D eigenvalue weighted by Gasteiger charge is -2.18. The van der Waals surface area contributed by atoms with E-state index < -0.39 is 22.3 Å². The van der Waals surface area contributed by atoms with Crippen LogP contribution in [-0.4, -0.2) is 34.3 Å². The van der Waals surface area contributed by atoms with Crippen LogP contribution in [0.25, 0.3) is 0 Å². The Bertz CT molecular complexity index is 1130. The first kappa shape index (κ1) is 24.3. The number of nitrogens with one attached hydrogen (secondary N) is 1. The molecule has 0 aliphatic heterocycles. The third-order valence-corrected chi connectivity index (χ3v) is 6.19. The minimum atomic E-state index is -3.96. The molecule has 0 radical (unpaired) electrons. The molecule has 0 unspecified atom stereocenters. The quantitative estimate of drug-likeness (QED) is 0.447. The molecule has 0 spiro atoms. The van der Waals surface area contributed by atoms with Gasteiger partial charge in [-0.3, -0.25) is 4.18 Å². The Labute approximate surface area is 194 Å². The van der Waals surface area contributed by atoms with Gasteiger partial charge in [0.2, 0.25) is 0 Å². The fourth-order valence-corrected chi connectivity index (χ4v) is 4.02. The summed E-state index contributed by atoms with van der Waals surface area (Å²) < 4.78 is 40.7. The van der Waals surface area contributed by atoms with Gasteiger partial charge in [-0.05, 0) is 48.7 Å². The van der Waals surface area contributed by atoms with Crippen molar-refractivity contribution in [1.82, 2.24) is 5.32 Å². The van der Waals surface area contributed by atoms with Gasteiger partial charge in [0.15, 0.2) is 0 Å². The summed E-state index contributed by atoms with van der Waals surface area (Å²) in [4.78, 5) is 11.8. The standard InChI is InChI=1S/C25H27NO6S/c1-19-8-14-24(15-9-19)33(28,29)32-18-22(26-25(27)30-2)16-20-10-12-23(13-11-20)31-17-21-6-4-3-5-7-21/h3-15,22H,16-18H2,1-2H3,(H,26,27)/t22-/m0/s1. The van der Waals surface area contributed by atoms with Crippen LogP contribution in [-0.2, 0) is 32.1 Å². The number of amides is 1. The summed E-state index contributed by atoms with van der Waals surface area (Å²) in [5, 5.41) is 2.63. The maximum absolute atomic E-state index is 12.5. The van der Waals surface area contributed by atoms with Gasteiger partial charge >= 0.3 is 6.09 Å². The summed E-state index contributed by atoms with van der Waals surface area (Å²) in [6.45, 7) is 2.08. The summed E-state index contributed by atoms with van der Waals surface area (Å²) in [5.74, 6) is 0.707. The molecular formula is C25H27NO6S. The fraction of sp³-hybridized carbons (Fsp3) is 0.240. The maximum Gasteiger partial charge on any atom is 0.407 e. The maximum atomic E-state index is 12.5. The van der Waals surface area contributed by atoms with Crippen molar-refractivity contribution in [2.45, 2.75) is 30.9 Å². The topological polar surface area (TPSA) is 90.9 Å². The molecular weight excluding hydrogens is 442 g/mol. The van der Waals surface area contributed by atoms with Crippen LogP contribution in [0.1, 0.15) is 16.7 Å². The Morgan fingerprint density at radius 3 is 2.21 bits per heavy atom. The average molecular weight is 470 g/mol. The number of hydrogen-bond donors (Lipinski definition) is 1. The van der Waals surface area contributed by atoms with E-state index in [1.807, 2.05) is 61.5 Å². The van der Waals surface area contributed by atoms with Crippen LogP contribution in [0.15, 0.2) is 83.8 Å². The van der Waals surface area contributed by atoms with E-state index in [1.54, 1.807) is 12.1 Å². The van der Waals surface area contributed by atoms with Gasteiger partial charge in [-0.2, -0.15) is 8.42 Å². The Morgan fingerprint density at radius 1 is 0.909 bits per heavy atom. The average Bonchev–Trinajstić information content (AvgIpc) is 2.83. The number of hydrogen-bond acceptors (Lipinski definition) is 6. The van der Waals surface area contributed by atoms with E-state index in [9.17, 15) is 13.2 Å². The predicted octanol–water partition coefficient (Wildman–Crippen LogP) is 4.25. The molecule has 1 N–H and O–H groups in total. The zero-order chi connectivity index (χ0) is 23.7. The van der Waals surface area contributed by atoms with E-state index in [1.165, 1.54) is 19.2 Å². The van der Waals surface area contributed by atoms with Gasteiger partial charge in [0.25, 0.3) is 10.1 Å². The predicted molar refractivity (Wildman–Crippen MR) is 125 cm³/mol. The van der Waals surface area contributed by atoms with Crippen molar-refractivity contribution in [3.8, 4) is 5.75 Å².